The highest BCUT2D eigenvalue weighted by Crippen LogP contribution is 1.97. The maximum Gasteiger partial charge on any atom is 0.267 e. The highest BCUT2D eigenvalue weighted by Gasteiger charge is 2.13. The first-order valence-corrected chi connectivity index (χ1v) is 5.32. The van der Waals surface area contributed by atoms with Crippen LogP contribution in [0, 0.1) is 0 Å². The van der Waals surface area contributed by atoms with E-state index in [1.54, 1.807) is 29.1 Å². The summed E-state index contributed by atoms with van der Waals surface area (Å²) in [6.45, 7) is 0.160. The summed E-state index contributed by atoms with van der Waals surface area (Å²) in [7, 11) is -4.09. The minimum atomic E-state index is -4.09. The predicted molar refractivity (Wildman–Crippen MR) is 46.9 cm³/mol. The number of aromatic nitrogens is 1. The third-order valence-corrected chi connectivity index (χ3v) is 2.30. The summed E-state index contributed by atoms with van der Waals surface area (Å²) in [5.74, 6) is -0.634. The number of hydrogen-bond acceptors (Lipinski definition) is 3. The van der Waals surface area contributed by atoms with Crippen LogP contribution >= 0.6 is 0 Å². The summed E-state index contributed by atoms with van der Waals surface area (Å²) in [4.78, 5) is 0. The molecule has 6 heteroatoms. The SMILES string of the molecule is O=S(=O)(O)CC(O)Cn1cccc1. The van der Waals surface area contributed by atoms with E-state index in [0.29, 0.717) is 0 Å². The van der Waals surface area contributed by atoms with Gasteiger partial charge in [0.25, 0.3) is 10.1 Å². The zero-order chi connectivity index (χ0) is 9.90. The van der Waals surface area contributed by atoms with Gasteiger partial charge in [-0.15, -0.1) is 0 Å². The van der Waals surface area contributed by atoms with Gasteiger partial charge in [0, 0.05) is 18.9 Å². The van der Waals surface area contributed by atoms with E-state index < -0.39 is 22.0 Å². The molecule has 2 N–H and O–H groups in total. The second-order valence-corrected chi connectivity index (χ2v) is 4.28. The topological polar surface area (TPSA) is 79.5 Å². The van der Waals surface area contributed by atoms with Crippen molar-refractivity contribution in [1.82, 2.24) is 4.57 Å². The second-order valence-electron chi connectivity index (χ2n) is 2.78. The molecule has 0 amide bonds. The molecule has 0 aliphatic rings. The fraction of sp³-hybridized carbons (Fsp3) is 0.429. The normalized spacial score (nSPS) is 14.3. The molecule has 13 heavy (non-hydrogen) atoms. The first-order valence-electron chi connectivity index (χ1n) is 3.71. The fourth-order valence-electron chi connectivity index (χ4n) is 1.03. The molecule has 0 radical (unpaired) electrons. The lowest BCUT2D eigenvalue weighted by atomic mass is 10.4. The van der Waals surface area contributed by atoms with Crippen molar-refractivity contribution in [3.05, 3.63) is 24.5 Å². The molecule has 1 rings (SSSR count). The standard InChI is InChI=1S/C7H11NO4S/c9-7(6-13(10,11)12)5-8-3-1-2-4-8/h1-4,7,9H,5-6H2,(H,10,11,12). The van der Waals surface area contributed by atoms with Crippen LogP contribution in [0.5, 0.6) is 0 Å². The number of hydrogen-bond donors (Lipinski definition) is 2. The predicted octanol–water partition coefficient (Wildman–Crippen LogP) is -0.263. The van der Waals surface area contributed by atoms with Gasteiger partial charge in [-0.05, 0) is 12.1 Å². The van der Waals surface area contributed by atoms with Crippen molar-refractivity contribution in [3.8, 4) is 0 Å². The van der Waals surface area contributed by atoms with Crippen LogP contribution in [0.2, 0.25) is 0 Å². The third-order valence-electron chi connectivity index (χ3n) is 1.49. The number of nitrogens with zero attached hydrogens (tertiary/aromatic N) is 1. The van der Waals surface area contributed by atoms with Gasteiger partial charge in [-0.25, -0.2) is 0 Å². The Morgan fingerprint density at radius 3 is 2.31 bits per heavy atom. The highest BCUT2D eigenvalue weighted by atomic mass is 32.2. The molecule has 1 aromatic rings. The minimum absolute atomic E-state index is 0.160. The molecule has 74 valence electrons. The van der Waals surface area contributed by atoms with Gasteiger partial charge in [-0.2, -0.15) is 8.42 Å². The first kappa shape index (κ1) is 10.2. The Kier molecular flexibility index (Phi) is 3.07. The molecular weight excluding hydrogens is 194 g/mol. The number of rotatable bonds is 4. The first-order chi connectivity index (χ1) is 5.97. The van der Waals surface area contributed by atoms with Crippen LogP contribution in [0.25, 0.3) is 0 Å². The molecule has 1 aromatic heterocycles. The van der Waals surface area contributed by atoms with E-state index in [-0.39, 0.29) is 6.54 Å². The van der Waals surface area contributed by atoms with Gasteiger partial charge in [0.2, 0.25) is 0 Å². The fourth-order valence-corrected chi connectivity index (χ4v) is 1.62. The molecule has 0 aliphatic carbocycles. The highest BCUT2D eigenvalue weighted by molar-refractivity contribution is 7.85. The molecular formula is C7H11NO4S. The maximum atomic E-state index is 10.4. The van der Waals surface area contributed by atoms with Crippen LogP contribution in [0.3, 0.4) is 0 Å². The summed E-state index contributed by atoms with van der Waals surface area (Å²) >= 11 is 0. The summed E-state index contributed by atoms with van der Waals surface area (Å²) in [6, 6.07) is 3.53. The number of aliphatic hydroxyl groups is 1. The lowest BCUT2D eigenvalue weighted by Crippen LogP contribution is -2.24. The van der Waals surface area contributed by atoms with Crippen LogP contribution in [0.15, 0.2) is 24.5 Å². The molecule has 1 unspecified atom stereocenters. The lowest BCUT2D eigenvalue weighted by Gasteiger charge is -2.08. The van der Waals surface area contributed by atoms with E-state index in [4.69, 9.17) is 4.55 Å². The second kappa shape index (κ2) is 3.91. The Morgan fingerprint density at radius 2 is 1.85 bits per heavy atom. The van der Waals surface area contributed by atoms with Gasteiger partial charge >= 0.3 is 0 Å². The summed E-state index contributed by atoms with van der Waals surface area (Å²) in [5, 5.41) is 9.20. The van der Waals surface area contributed by atoms with E-state index in [1.165, 1.54) is 0 Å². The van der Waals surface area contributed by atoms with Crippen LogP contribution in [-0.2, 0) is 16.7 Å². The van der Waals surface area contributed by atoms with Crippen molar-refractivity contribution >= 4 is 10.1 Å². The average molecular weight is 205 g/mol. The summed E-state index contributed by atoms with van der Waals surface area (Å²) in [6.07, 6.45) is 2.32. The van der Waals surface area contributed by atoms with E-state index >= 15 is 0 Å². The molecule has 0 fully saturated rings. The Bertz CT molecular complexity index is 343. The average Bonchev–Trinajstić information content (AvgIpc) is 2.34. The van der Waals surface area contributed by atoms with Crippen molar-refractivity contribution in [2.75, 3.05) is 5.75 Å². The van der Waals surface area contributed by atoms with Crippen molar-refractivity contribution in [2.24, 2.45) is 0 Å². The van der Waals surface area contributed by atoms with E-state index in [1.807, 2.05) is 0 Å². The maximum absolute atomic E-state index is 10.4. The minimum Gasteiger partial charge on any atom is -0.390 e. The Labute approximate surface area is 76.4 Å². The third kappa shape index (κ3) is 4.07. The van der Waals surface area contributed by atoms with E-state index in [9.17, 15) is 13.5 Å². The van der Waals surface area contributed by atoms with Gasteiger partial charge in [-0.1, -0.05) is 0 Å². The van der Waals surface area contributed by atoms with Crippen molar-refractivity contribution < 1.29 is 18.1 Å². The molecule has 1 heterocycles. The summed E-state index contributed by atoms with van der Waals surface area (Å²) < 4.78 is 30.8. The van der Waals surface area contributed by atoms with Gasteiger partial charge in [-0.3, -0.25) is 4.55 Å². The molecule has 5 nitrogen and oxygen atoms in total. The van der Waals surface area contributed by atoms with Crippen molar-refractivity contribution in [3.63, 3.8) is 0 Å². The smallest absolute Gasteiger partial charge is 0.267 e. The van der Waals surface area contributed by atoms with E-state index in [2.05, 4.69) is 0 Å². The quantitative estimate of drug-likeness (QED) is 0.663. The van der Waals surface area contributed by atoms with Crippen LogP contribution in [0.4, 0.5) is 0 Å². The Balaban J connectivity index is 2.47. The zero-order valence-corrected chi connectivity index (χ0v) is 7.68. The van der Waals surface area contributed by atoms with Crippen LogP contribution < -0.4 is 0 Å². The Morgan fingerprint density at radius 1 is 1.31 bits per heavy atom. The van der Waals surface area contributed by atoms with Gasteiger partial charge in [0.1, 0.15) is 5.75 Å². The monoisotopic (exact) mass is 205 g/mol. The lowest BCUT2D eigenvalue weighted by molar-refractivity contribution is 0.174. The van der Waals surface area contributed by atoms with Gasteiger partial charge in [0.15, 0.2) is 0 Å². The molecule has 0 spiro atoms. The van der Waals surface area contributed by atoms with Crippen molar-refractivity contribution in [1.29, 1.82) is 0 Å². The van der Waals surface area contributed by atoms with Crippen LogP contribution in [-0.4, -0.2) is 34.5 Å². The molecule has 0 bridgehead atoms. The summed E-state index contributed by atoms with van der Waals surface area (Å²) in [5.41, 5.74) is 0. The van der Waals surface area contributed by atoms with E-state index in [0.717, 1.165) is 0 Å². The van der Waals surface area contributed by atoms with Crippen molar-refractivity contribution in [2.45, 2.75) is 12.6 Å². The molecule has 0 saturated heterocycles. The molecule has 0 aliphatic heterocycles. The number of aliphatic hydroxyl groups excluding tert-OH is 1. The molecule has 0 saturated carbocycles. The van der Waals surface area contributed by atoms with Gasteiger partial charge < -0.3 is 9.67 Å². The Hall–Kier alpha value is -0.850. The van der Waals surface area contributed by atoms with Crippen LogP contribution in [0.1, 0.15) is 0 Å². The molecule has 0 aromatic carbocycles. The van der Waals surface area contributed by atoms with Gasteiger partial charge in [0.05, 0.1) is 6.10 Å². The molecule has 1 atom stereocenters. The largest absolute Gasteiger partial charge is 0.390 e. The zero-order valence-electron chi connectivity index (χ0n) is 6.87.